The van der Waals surface area contributed by atoms with Crippen molar-refractivity contribution < 1.29 is 9.90 Å². The van der Waals surface area contributed by atoms with Crippen LogP contribution in [-0.4, -0.2) is 26.3 Å². The van der Waals surface area contributed by atoms with Crippen molar-refractivity contribution in [3.8, 4) is 0 Å². The van der Waals surface area contributed by atoms with E-state index < -0.39 is 11.9 Å². The number of aromatic nitrogens is 3. The van der Waals surface area contributed by atoms with Gasteiger partial charge >= 0.3 is 5.97 Å². The number of aromatic amines is 1. The Kier molecular flexibility index (Phi) is 3.22. The molecule has 5 nitrogen and oxygen atoms in total. The topological polar surface area (TPSA) is 78.9 Å². The van der Waals surface area contributed by atoms with Gasteiger partial charge in [0.15, 0.2) is 5.82 Å². The van der Waals surface area contributed by atoms with Crippen LogP contribution in [-0.2, 0) is 11.2 Å². The van der Waals surface area contributed by atoms with Crippen LogP contribution in [0.25, 0.3) is 0 Å². The van der Waals surface area contributed by atoms with E-state index in [-0.39, 0.29) is 0 Å². The molecule has 0 saturated heterocycles. The molecular weight excluding hydrogens is 182 g/mol. The Morgan fingerprint density at radius 2 is 2.14 bits per heavy atom. The van der Waals surface area contributed by atoms with Crippen LogP contribution in [0.1, 0.15) is 38.3 Å². The van der Waals surface area contributed by atoms with Crippen LogP contribution in [0.15, 0.2) is 0 Å². The quantitative estimate of drug-likeness (QED) is 0.759. The third kappa shape index (κ3) is 2.55. The predicted octanol–water partition coefficient (Wildman–Crippen LogP) is 1.19. The van der Waals surface area contributed by atoms with Gasteiger partial charge in [0.2, 0.25) is 0 Å². The number of H-pyrrole nitrogens is 1. The highest BCUT2D eigenvalue weighted by atomic mass is 16.4. The zero-order chi connectivity index (χ0) is 10.7. The van der Waals surface area contributed by atoms with Gasteiger partial charge < -0.3 is 5.11 Å². The molecule has 0 aliphatic carbocycles. The summed E-state index contributed by atoms with van der Waals surface area (Å²) >= 11 is 0. The molecule has 0 amide bonds. The average molecular weight is 197 g/mol. The SMILES string of the molecule is CC(C)Cc1nc(C(C)C(=O)O)n[nH]1. The number of aliphatic carboxylic acids is 1. The van der Waals surface area contributed by atoms with Gasteiger partial charge in [-0.05, 0) is 12.8 Å². The molecule has 0 saturated carbocycles. The van der Waals surface area contributed by atoms with E-state index in [9.17, 15) is 4.79 Å². The molecule has 1 aromatic heterocycles. The second kappa shape index (κ2) is 4.21. The molecule has 5 heteroatoms. The lowest BCUT2D eigenvalue weighted by molar-refractivity contribution is -0.138. The van der Waals surface area contributed by atoms with E-state index >= 15 is 0 Å². The molecule has 1 heterocycles. The van der Waals surface area contributed by atoms with E-state index in [1.807, 2.05) is 0 Å². The molecule has 1 aromatic rings. The molecule has 0 aliphatic heterocycles. The number of rotatable bonds is 4. The molecule has 2 N–H and O–H groups in total. The largest absolute Gasteiger partial charge is 0.481 e. The Morgan fingerprint density at radius 1 is 1.50 bits per heavy atom. The van der Waals surface area contributed by atoms with Crippen molar-refractivity contribution in [1.82, 2.24) is 15.2 Å². The van der Waals surface area contributed by atoms with Crippen LogP contribution >= 0.6 is 0 Å². The fourth-order valence-corrected chi connectivity index (χ4v) is 1.09. The van der Waals surface area contributed by atoms with Gasteiger partial charge in [-0.15, -0.1) is 0 Å². The maximum atomic E-state index is 10.6. The van der Waals surface area contributed by atoms with Crippen molar-refractivity contribution in [1.29, 1.82) is 0 Å². The highest BCUT2D eigenvalue weighted by molar-refractivity contribution is 5.74. The van der Waals surface area contributed by atoms with Gasteiger partial charge in [-0.1, -0.05) is 13.8 Å². The van der Waals surface area contributed by atoms with E-state index in [0.717, 1.165) is 12.2 Å². The first-order valence-electron chi connectivity index (χ1n) is 4.64. The molecule has 1 rings (SSSR count). The van der Waals surface area contributed by atoms with Crippen molar-refractivity contribution >= 4 is 5.97 Å². The Labute approximate surface area is 82.6 Å². The summed E-state index contributed by atoms with van der Waals surface area (Å²) in [5, 5.41) is 15.4. The maximum absolute atomic E-state index is 10.6. The summed E-state index contributed by atoms with van der Waals surface area (Å²) in [5.41, 5.74) is 0. The van der Waals surface area contributed by atoms with Crippen molar-refractivity contribution in [2.24, 2.45) is 5.92 Å². The van der Waals surface area contributed by atoms with Gasteiger partial charge in [0.25, 0.3) is 0 Å². The van der Waals surface area contributed by atoms with Gasteiger partial charge in [0.1, 0.15) is 11.7 Å². The Balaban J connectivity index is 2.72. The lowest BCUT2D eigenvalue weighted by Crippen LogP contribution is -2.09. The van der Waals surface area contributed by atoms with Crippen molar-refractivity contribution in [3.05, 3.63) is 11.6 Å². The summed E-state index contributed by atoms with van der Waals surface area (Å²) in [5.74, 6) is 0.0412. The summed E-state index contributed by atoms with van der Waals surface area (Å²) < 4.78 is 0. The molecule has 0 aromatic carbocycles. The molecule has 0 fully saturated rings. The van der Waals surface area contributed by atoms with E-state index in [1.165, 1.54) is 0 Å². The molecule has 78 valence electrons. The first-order valence-corrected chi connectivity index (χ1v) is 4.64. The minimum Gasteiger partial charge on any atom is -0.481 e. The van der Waals surface area contributed by atoms with Crippen molar-refractivity contribution in [3.63, 3.8) is 0 Å². The molecule has 0 aliphatic rings. The minimum absolute atomic E-state index is 0.355. The Bertz CT molecular complexity index is 320. The van der Waals surface area contributed by atoms with Gasteiger partial charge in [-0.25, -0.2) is 4.98 Å². The van der Waals surface area contributed by atoms with Crippen molar-refractivity contribution in [2.75, 3.05) is 0 Å². The second-order valence-corrected chi connectivity index (χ2v) is 3.80. The van der Waals surface area contributed by atoms with Gasteiger partial charge in [-0.3, -0.25) is 9.89 Å². The minimum atomic E-state index is -0.903. The molecular formula is C9H15N3O2. The first kappa shape index (κ1) is 10.7. The maximum Gasteiger partial charge on any atom is 0.314 e. The summed E-state index contributed by atoms with van der Waals surface area (Å²) in [6.45, 7) is 5.72. The third-order valence-electron chi connectivity index (χ3n) is 1.91. The number of carboxylic acids is 1. The highest BCUT2D eigenvalue weighted by Crippen LogP contribution is 2.11. The molecule has 0 bridgehead atoms. The van der Waals surface area contributed by atoms with Crippen LogP contribution in [0, 0.1) is 5.92 Å². The Hall–Kier alpha value is -1.39. The van der Waals surface area contributed by atoms with E-state index in [1.54, 1.807) is 6.92 Å². The lowest BCUT2D eigenvalue weighted by atomic mass is 10.1. The molecule has 14 heavy (non-hydrogen) atoms. The van der Waals surface area contributed by atoms with Crippen LogP contribution in [0.2, 0.25) is 0 Å². The lowest BCUT2D eigenvalue weighted by Gasteiger charge is -1.99. The standard InChI is InChI=1S/C9H15N3O2/c1-5(2)4-7-10-8(12-11-7)6(3)9(13)14/h5-6H,4H2,1-3H3,(H,13,14)(H,10,11,12). The smallest absolute Gasteiger partial charge is 0.314 e. The summed E-state index contributed by atoms with van der Waals surface area (Å²) in [6.07, 6.45) is 0.791. The van der Waals surface area contributed by atoms with E-state index in [0.29, 0.717) is 11.7 Å². The van der Waals surface area contributed by atoms with Crippen LogP contribution < -0.4 is 0 Å². The molecule has 0 radical (unpaired) electrons. The second-order valence-electron chi connectivity index (χ2n) is 3.80. The van der Waals surface area contributed by atoms with Crippen LogP contribution in [0.3, 0.4) is 0 Å². The highest BCUT2D eigenvalue weighted by Gasteiger charge is 2.18. The third-order valence-corrected chi connectivity index (χ3v) is 1.91. The normalized spacial score (nSPS) is 13.1. The van der Waals surface area contributed by atoms with E-state index in [2.05, 4.69) is 29.0 Å². The van der Waals surface area contributed by atoms with Crippen molar-refractivity contribution in [2.45, 2.75) is 33.1 Å². The monoisotopic (exact) mass is 197 g/mol. The first-order chi connectivity index (χ1) is 6.50. The van der Waals surface area contributed by atoms with Gasteiger partial charge in [0, 0.05) is 6.42 Å². The number of carboxylic acid groups (broad SMARTS) is 1. The zero-order valence-electron chi connectivity index (χ0n) is 8.61. The number of carbonyl (C=O) groups is 1. The predicted molar refractivity (Wildman–Crippen MR) is 51.0 cm³/mol. The zero-order valence-corrected chi connectivity index (χ0v) is 8.61. The van der Waals surface area contributed by atoms with Gasteiger partial charge in [-0.2, -0.15) is 5.10 Å². The van der Waals surface area contributed by atoms with Gasteiger partial charge in [0.05, 0.1) is 0 Å². The Morgan fingerprint density at radius 3 is 2.64 bits per heavy atom. The number of nitrogens with one attached hydrogen (secondary N) is 1. The number of hydrogen-bond donors (Lipinski definition) is 2. The molecule has 1 atom stereocenters. The number of hydrogen-bond acceptors (Lipinski definition) is 3. The summed E-state index contributed by atoms with van der Waals surface area (Å²) in [6, 6.07) is 0. The molecule has 0 spiro atoms. The number of nitrogens with zero attached hydrogens (tertiary/aromatic N) is 2. The van der Waals surface area contributed by atoms with Crippen LogP contribution in [0.4, 0.5) is 0 Å². The molecule has 1 unspecified atom stereocenters. The van der Waals surface area contributed by atoms with E-state index in [4.69, 9.17) is 5.11 Å². The fraction of sp³-hybridized carbons (Fsp3) is 0.667. The summed E-state index contributed by atoms with van der Waals surface area (Å²) in [4.78, 5) is 14.8. The summed E-state index contributed by atoms with van der Waals surface area (Å²) in [7, 11) is 0. The van der Waals surface area contributed by atoms with Crippen LogP contribution in [0.5, 0.6) is 0 Å². The fourth-order valence-electron chi connectivity index (χ4n) is 1.09. The average Bonchev–Trinajstić information content (AvgIpc) is 2.50.